The summed E-state index contributed by atoms with van der Waals surface area (Å²) in [6.07, 6.45) is -0.652. The highest BCUT2D eigenvalue weighted by Gasteiger charge is 2.50. The van der Waals surface area contributed by atoms with Crippen LogP contribution in [0.3, 0.4) is 0 Å². The fourth-order valence-electron chi connectivity index (χ4n) is 2.40. The van der Waals surface area contributed by atoms with Gasteiger partial charge in [0.1, 0.15) is 11.4 Å². The summed E-state index contributed by atoms with van der Waals surface area (Å²) in [6, 6.07) is 4.53. The molecule has 1 atom stereocenters. The fraction of sp³-hybridized carbons (Fsp3) is 0.462. The Kier molecular flexibility index (Phi) is 2.91. The van der Waals surface area contributed by atoms with Gasteiger partial charge in [-0.05, 0) is 44.5 Å². The van der Waals surface area contributed by atoms with Gasteiger partial charge in [-0.3, -0.25) is 0 Å². The fourth-order valence-corrected chi connectivity index (χ4v) is 2.40. The zero-order valence-electron chi connectivity index (χ0n) is 10.9. The highest BCUT2D eigenvalue weighted by atomic mass is 19.1. The van der Waals surface area contributed by atoms with Crippen molar-refractivity contribution in [2.45, 2.75) is 39.4 Å². The first-order valence-electron chi connectivity index (χ1n) is 5.85. The molecule has 4 nitrogen and oxygen atoms in total. The Labute approximate surface area is 106 Å². The molecule has 1 aliphatic heterocycles. The molecule has 1 N–H and O–H groups in total. The molecule has 0 saturated heterocycles. The molecule has 0 aliphatic carbocycles. The Morgan fingerprint density at radius 2 is 2.06 bits per heavy atom. The Morgan fingerprint density at radius 3 is 2.50 bits per heavy atom. The summed E-state index contributed by atoms with van der Waals surface area (Å²) in [5.41, 5.74) is 0.761. The first-order valence-corrected chi connectivity index (χ1v) is 5.85. The van der Waals surface area contributed by atoms with Crippen LogP contribution in [0.4, 0.5) is 4.39 Å². The van der Waals surface area contributed by atoms with E-state index in [1.807, 2.05) is 0 Å². The normalized spacial score (nSPS) is 23.8. The number of hydrogen-bond acceptors (Lipinski definition) is 3. The predicted molar refractivity (Wildman–Crippen MR) is 66.0 cm³/mol. The van der Waals surface area contributed by atoms with Gasteiger partial charge in [0.05, 0.1) is 0 Å². The molecule has 0 spiro atoms. The lowest BCUT2D eigenvalue weighted by Crippen LogP contribution is -2.45. The van der Waals surface area contributed by atoms with E-state index < -0.39 is 11.7 Å². The molecule has 18 heavy (non-hydrogen) atoms. The van der Waals surface area contributed by atoms with Crippen molar-refractivity contribution in [2.75, 3.05) is 0 Å². The van der Waals surface area contributed by atoms with E-state index in [1.165, 1.54) is 6.07 Å². The van der Waals surface area contributed by atoms with Gasteiger partial charge in [0.25, 0.3) is 0 Å². The molecular formula is C13H17FN2O2. The summed E-state index contributed by atoms with van der Waals surface area (Å²) in [5, 5.41) is 23.1. The molecule has 0 amide bonds. The topological polar surface area (TPSA) is 49.5 Å². The number of halogens is 1. The van der Waals surface area contributed by atoms with Gasteiger partial charge < -0.3 is 10.4 Å². The molecule has 0 fully saturated rings. The maximum absolute atomic E-state index is 13.3. The number of hydroxylamine groups is 3. The average Bonchev–Trinajstić information content (AvgIpc) is 2.44. The summed E-state index contributed by atoms with van der Waals surface area (Å²) >= 11 is 0. The molecule has 1 aromatic rings. The molecule has 0 aromatic heterocycles. The third kappa shape index (κ3) is 1.71. The van der Waals surface area contributed by atoms with Crippen LogP contribution < -0.4 is 0 Å². The van der Waals surface area contributed by atoms with Crippen molar-refractivity contribution in [3.63, 3.8) is 0 Å². The summed E-state index contributed by atoms with van der Waals surface area (Å²) in [7, 11) is 0. The zero-order chi connectivity index (χ0) is 13.7. The van der Waals surface area contributed by atoms with Gasteiger partial charge in [0.2, 0.25) is 11.9 Å². The first-order chi connectivity index (χ1) is 8.26. The van der Waals surface area contributed by atoms with Gasteiger partial charge in [0.15, 0.2) is 0 Å². The molecule has 98 valence electrons. The van der Waals surface area contributed by atoms with Crippen LogP contribution >= 0.6 is 0 Å². The highest BCUT2D eigenvalue weighted by Crippen LogP contribution is 2.29. The van der Waals surface area contributed by atoms with Gasteiger partial charge in [-0.1, -0.05) is 0 Å². The number of rotatable bonds is 1. The van der Waals surface area contributed by atoms with Crippen LogP contribution in [0.1, 0.15) is 31.9 Å². The van der Waals surface area contributed by atoms with E-state index in [0.29, 0.717) is 16.8 Å². The summed E-state index contributed by atoms with van der Waals surface area (Å²) in [6.45, 7) is 6.79. The molecule has 0 radical (unpaired) electrons. The Bertz CT molecular complexity index is 526. The van der Waals surface area contributed by atoms with E-state index in [1.54, 1.807) is 39.8 Å². The Morgan fingerprint density at radius 1 is 1.44 bits per heavy atom. The second-order valence-corrected chi connectivity index (χ2v) is 5.17. The number of aryl methyl sites for hydroxylation is 1. The lowest BCUT2D eigenvalue weighted by Gasteiger charge is -2.24. The number of hydrogen-bond donors (Lipinski definition) is 1. The molecule has 1 heterocycles. The van der Waals surface area contributed by atoms with Crippen molar-refractivity contribution in [1.82, 2.24) is 5.06 Å². The smallest absolute Gasteiger partial charge is 0.238 e. The highest BCUT2D eigenvalue weighted by molar-refractivity contribution is 6.04. The minimum absolute atomic E-state index is 0.304. The minimum Gasteiger partial charge on any atom is -0.622 e. The molecule has 0 bridgehead atoms. The molecular weight excluding hydrogens is 235 g/mol. The Hall–Kier alpha value is -1.46. The van der Waals surface area contributed by atoms with Crippen LogP contribution in [0.15, 0.2) is 18.2 Å². The van der Waals surface area contributed by atoms with Crippen LogP contribution in [-0.2, 0) is 0 Å². The monoisotopic (exact) mass is 252 g/mol. The van der Waals surface area contributed by atoms with Crippen molar-refractivity contribution < 1.29 is 14.3 Å². The maximum atomic E-state index is 13.3. The van der Waals surface area contributed by atoms with E-state index in [2.05, 4.69) is 0 Å². The number of benzene rings is 1. The quantitative estimate of drug-likeness (QED) is 0.616. The summed E-state index contributed by atoms with van der Waals surface area (Å²) in [4.78, 5) is 0. The molecule has 1 aliphatic rings. The first kappa shape index (κ1) is 13.0. The predicted octanol–water partition coefficient (Wildman–Crippen LogP) is 2.26. The van der Waals surface area contributed by atoms with E-state index in [9.17, 15) is 14.8 Å². The van der Waals surface area contributed by atoms with Gasteiger partial charge in [-0.25, -0.2) is 4.39 Å². The van der Waals surface area contributed by atoms with Crippen molar-refractivity contribution in [2.24, 2.45) is 0 Å². The van der Waals surface area contributed by atoms with Crippen molar-refractivity contribution in [3.05, 3.63) is 40.4 Å². The lowest BCUT2D eigenvalue weighted by atomic mass is 9.92. The average molecular weight is 252 g/mol. The molecule has 0 unspecified atom stereocenters. The third-order valence-corrected chi connectivity index (χ3v) is 3.50. The van der Waals surface area contributed by atoms with E-state index >= 15 is 0 Å². The minimum atomic E-state index is -0.800. The standard InChI is InChI=1S/C13H17FN2O2/c1-8-7-10(5-6-11(8)14)12-13(3,4)16(18)9(2)15(12)17/h5-7,9,18H,1-4H3/t9-/m1/s1. The van der Waals surface area contributed by atoms with E-state index in [-0.39, 0.29) is 5.82 Å². The summed E-state index contributed by atoms with van der Waals surface area (Å²) in [5.74, 6) is -0.304. The molecule has 0 saturated carbocycles. The van der Waals surface area contributed by atoms with Crippen LogP contribution in [0, 0.1) is 17.9 Å². The SMILES string of the molecule is Cc1cc(C2=[N+]([O-])[C@@H](C)N(O)C2(C)C)ccc1F. The molecule has 5 heteroatoms. The van der Waals surface area contributed by atoms with Crippen LogP contribution in [0.5, 0.6) is 0 Å². The van der Waals surface area contributed by atoms with Gasteiger partial charge in [-0.2, -0.15) is 4.74 Å². The maximum Gasteiger partial charge on any atom is 0.238 e. The van der Waals surface area contributed by atoms with E-state index in [4.69, 9.17) is 0 Å². The van der Waals surface area contributed by atoms with Crippen LogP contribution in [-0.4, -0.2) is 32.4 Å². The van der Waals surface area contributed by atoms with Gasteiger partial charge in [-0.15, -0.1) is 5.06 Å². The lowest BCUT2D eigenvalue weighted by molar-refractivity contribution is -0.531. The number of nitrogens with zero attached hydrogens (tertiary/aromatic N) is 2. The van der Waals surface area contributed by atoms with Crippen molar-refractivity contribution in [1.29, 1.82) is 0 Å². The van der Waals surface area contributed by atoms with Gasteiger partial charge >= 0.3 is 0 Å². The van der Waals surface area contributed by atoms with Crippen LogP contribution in [0.25, 0.3) is 0 Å². The molecule has 2 rings (SSSR count). The zero-order valence-corrected chi connectivity index (χ0v) is 10.9. The van der Waals surface area contributed by atoms with E-state index in [0.717, 1.165) is 9.80 Å². The Balaban J connectivity index is 2.58. The second kappa shape index (κ2) is 4.03. The van der Waals surface area contributed by atoms with Gasteiger partial charge in [0, 0.05) is 12.5 Å². The summed E-state index contributed by atoms with van der Waals surface area (Å²) < 4.78 is 14.0. The molecule has 1 aromatic carbocycles. The van der Waals surface area contributed by atoms with Crippen LogP contribution in [0.2, 0.25) is 0 Å². The van der Waals surface area contributed by atoms with Crippen molar-refractivity contribution >= 4 is 5.71 Å². The largest absolute Gasteiger partial charge is 0.622 e. The third-order valence-electron chi connectivity index (χ3n) is 3.50. The second-order valence-electron chi connectivity index (χ2n) is 5.17. The van der Waals surface area contributed by atoms with Crippen molar-refractivity contribution in [3.8, 4) is 0 Å².